The van der Waals surface area contributed by atoms with Crippen molar-refractivity contribution < 1.29 is 32.3 Å². The van der Waals surface area contributed by atoms with E-state index in [2.05, 4.69) is 10.3 Å². The van der Waals surface area contributed by atoms with Crippen LogP contribution in [-0.2, 0) is 16.1 Å². The van der Waals surface area contributed by atoms with Crippen LogP contribution in [0.5, 0.6) is 5.88 Å². The summed E-state index contributed by atoms with van der Waals surface area (Å²) >= 11 is 0. The van der Waals surface area contributed by atoms with Gasteiger partial charge in [-0.3, -0.25) is 19.3 Å². The fraction of sp³-hybridized carbons (Fsp3) is 0.417. The second kappa shape index (κ2) is 9.55. The van der Waals surface area contributed by atoms with Crippen LogP contribution in [0.4, 0.5) is 18.9 Å². The average molecular weight is 490 g/mol. The maximum Gasteiger partial charge on any atom is 0.422 e. The summed E-state index contributed by atoms with van der Waals surface area (Å²) in [7, 11) is 0. The van der Waals surface area contributed by atoms with Crippen molar-refractivity contribution in [3.05, 3.63) is 53.7 Å². The monoisotopic (exact) mass is 490 g/mol. The second-order valence-corrected chi connectivity index (χ2v) is 8.67. The lowest BCUT2D eigenvalue weighted by Crippen LogP contribution is -2.62. The average Bonchev–Trinajstić information content (AvgIpc) is 3.13. The number of alkyl halides is 3. The van der Waals surface area contributed by atoms with E-state index in [1.54, 1.807) is 34.1 Å². The highest BCUT2D eigenvalue weighted by Gasteiger charge is 2.52. The Kier molecular flexibility index (Phi) is 6.68. The summed E-state index contributed by atoms with van der Waals surface area (Å²) in [5.41, 5.74) is 0.587. The summed E-state index contributed by atoms with van der Waals surface area (Å²) in [6, 6.07) is 10.1. The second-order valence-electron chi connectivity index (χ2n) is 8.67. The lowest BCUT2D eigenvalue weighted by molar-refractivity contribution is -0.154. The SMILES string of the molecule is CC12CCC(=O)N1c1ccccc1C(=O)N2CCCC(=O)NCc1cccnc1OCC(F)(F)F. The van der Waals surface area contributed by atoms with Gasteiger partial charge in [0.15, 0.2) is 6.61 Å². The molecule has 2 aliphatic heterocycles. The van der Waals surface area contributed by atoms with Gasteiger partial charge in [0.2, 0.25) is 17.7 Å². The molecule has 1 aromatic carbocycles. The zero-order chi connectivity index (χ0) is 25.2. The number of nitrogens with zero attached hydrogens (tertiary/aromatic N) is 3. The molecule has 2 aliphatic rings. The first-order valence-corrected chi connectivity index (χ1v) is 11.2. The van der Waals surface area contributed by atoms with Gasteiger partial charge in [-0.15, -0.1) is 0 Å². The summed E-state index contributed by atoms with van der Waals surface area (Å²) < 4.78 is 42.1. The number of benzene rings is 1. The smallest absolute Gasteiger partial charge is 0.422 e. The molecule has 8 nitrogen and oxygen atoms in total. The van der Waals surface area contributed by atoms with Crippen molar-refractivity contribution in [3.8, 4) is 5.88 Å². The zero-order valence-electron chi connectivity index (χ0n) is 19.1. The van der Waals surface area contributed by atoms with Gasteiger partial charge in [-0.25, -0.2) is 4.98 Å². The van der Waals surface area contributed by atoms with Gasteiger partial charge in [0, 0.05) is 37.7 Å². The zero-order valence-corrected chi connectivity index (χ0v) is 19.1. The fourth-order valence-corrected chi connectivity index (χ4v) is 4.56. The molecule has 1 unspecified atom stereocenters. The van der Waals surface area contributed by atoms with Crippen molar-refractivity contribution in [2.24, 2.45) is 0 Å². The third-order valence-electron chi connectivity index (χ3n) is 6.23. The molecule has 1 saturated heterocycles. The molecular weight excluding hydrogens is 465 g/mol. The molecule has 35 heavy (non-hydrogen) atoms. The van der Waals surface area contributed by atoms with E-state index in [1.807, 2.05) is 6.92 Å². The summed E-state index contributed by atoms with van der Waals surface area (Å²) in [6.07, 6.45) is -1.92. The van der Waals surface area contributed by atoms with Crippen LogP contribution in [0, 0.1) is 0 Å². The normalized spacial score (nSPS) is 19.4. The number of ether oxygens (including phenoxy) is 1. The Morgan fingerprint density at radius 3 is 2.74 bits per heavy atom. The van der Waals surface area contributed by atoms with Gasteiger partial charge in [-0.2, -0.15) is 13.2 Å². The number of nitrogens with one attached hydrogen (secondary N) is 1. The summed E-state index contributed by atoms with van der Waals surface area (Å²) in [4.78, 5) is 45.4. The van der Waals surface area contributed by atoms with Crippen LogP contribution < -0.4 is 15.0 Å². The molecule has 0 bridgehead atoms. The number of aromatic nitrogens is 1. The fourth-order valence-electron chi connectivity index (χ4n) is 4.56. The molecule has 1 atom stereocenters. The van der Waals surface area contributed by atoms with Gasteiger partial charge in [0.05, 0.1) is 11.3 Å². The number of hydrogen-bond acceptors (Lipinski definition) is 5. The van der Waals surface area contributed by atoms with Crippen LogP contribution in [0.15, 0.2) is 42.6 Å². The van der Waals surface area contributed by atoms with Gasteiger partial charge >= 0.3 is 6.18 Å². The number of halogens is 3. The van der Waals surface area contributed by atoms with E-state index < -0.39 is 18.4 Å². The van der Waals surface area contributed by atoms with Crippen LogP contribution >= 0.6 is 0 Å². The lowest BCUT2D eigenvalue weighted by atomic mass is 9.98. The quantitative estimate of drug-likeness (QED) is 0.612. The van der Waals surface area contributed by atoms with E-state index in [4.69, 9.17) is 4.74 Å². The molecule has 0 saturated carbocycles. The van der Waals surface area contributed by atoms with E-state index in [1.165, 1.54) is 18.3 Å². The lowest BCUT2D eigenvalue weighted by Gasteiger charge is -2.48. The van der Waals surface area contributed by atoms with Gasteiger partial charge in [-0.05, 0) is 38.0 Å². The molecule has 1 aromatic heterocycles. The predicted octanol–water partition coefficient (Wildman–Crippen LogP) is 3.42. The molecule has 11 heteroatoms. The van der Waals surface area contributed by atoms with E-state index in [9.17, 15) is 27.6 Å². The minimum absolute atomic E-state index is 0.0458. The van der Waals surface area contributed by atoms with Crippen LogP contribution in [0.2, 0.25) is 0 Å². The van der Waals surface area contributed by atoms with E-state index in [-0.39, 0.29) is 43.1 Å². The minimum Gasteiger partial charge on any atom is -0.468 e. The first-order chi connectivity index (χ1) is 16.6. The molecule has 1 fully saturated rings. The van der Waals surface area contributed by atoms with Crippen molar-refractivity contribution in [2.75, 3.05) is 18.1 Å². The highest BCUT2D eigenvalue weighted by Crippen LogP contribution is 2.44. The topological polar surface area (TPSA) is 91.8 Å². The minimum atomic E-state index is -4.50. The molecule has 4 rings (SSSR count). The number of rotatable bonds is 8. The Balaban J connectivity index is 1.35. The standard InChI is InChI=1S/C24H25F3N4O4/c1-23-11-10-20(33)31(23)18-8-3-2-7-17(18)22(34)30(23)13-5-9-19(32)29-14-16-6-4-12-28-21(16)35-15-24(25,26)27/h2-4,6-8,12H,5,9-11,13-15H2,1H3,(H,29,32). The van der Waals surface area contributed by atoms with Crippen LogP contribution in [-0.4, -0.2) is 52.6 Å². The number of anilines is 1. The van der Waals surface area contributed by atoms with E-state index in [0.29, 0.717) is 36.1 Å². The van der Waals surface area contributed by atoms with E-state index >= 15 is 0 Å². The largest absolute Gasteiger partial charge is 0.468 e. The van der Waals surface area contributed by atoms with Gasteiger partial charge in [0.25, 0.3) is 5.91 Å². The molecule has 0 radical (unpaired) electrons. The Bertz CT molecular complexity index is 1140. The highest BCUT2D eigenvalue weighted by molar-refractivity contribution is 6.10. The number of pyridine rings is 1. The van der Waals surface area contributed by atoms with Gasteiger partial charge in [-0.1, -0.05) is 18.2 Å². The predicted molar refractivity (Wildman–Crippen MR) is 119 cm³/mol. The van der Waals surface area contributed by atoms with Crippen molar-refractivity contribution in [2.45, 2.75) is 51.0 Å². The molecule has 1 N–H and O–H groups in total. The molecular formula is C24H25F3N4O4. The number of para-hydroxylation sites is 1. The summed E-state index contributed by atoms with van der Waals surface area (Å²) in [5, 5.41) is 2.66. The maximum atomic E-state index is 13.2. The third kappa shape index (κ3) is 5.08. The molecule has 3 heterocycles. The Morgan fingerprint density at radius 2 is 1.97 bits per heavy atom. The number of carbonyl (C=O) groups is 3. The molecule has 3 amide bonds. The number of amides is 3. The third-order valence-corrected chi connectivity index (χ3v) is 6.23. The Labute approximate surface area is 200 Å². The molecule has 0 spiro atoms. The Morgan fingerprint density at radius 1 is 1.20 bits per heavy atom. The maximum absolute atomic E-state index is 13.2. The molecule has 186 valence electrons. The van der Waals surface area contributed by atoms with Crippen LogP contribution in [0.1, 0.15) is 48.5 Å². The van der Waals surface area contributed by atoms with Crippen molar-refractivity contribution in [1.82, 2.24) is 15.2 Å². The van der Waals surface area contributed by atoms with Crippen molar-refractivity contribution >= 4 is 23.4 Å². The Hall–Kier alpha value is -3.63. The number of hydrogen-bond donors (Lipinski definition) is 1. The van der Waals surface area contributed by atoms with Gasteiger partial charge in [0.1, 0.15) is 5.66 Å². The number of fused-ring (bicyclic) bond motifs is 3. The summed E-state index contributed by atoms with van der Waals surface area (Å²) in [5.74, 6) is -0.752. The first kappa shape index (κ1) is 24.5. The van der Waals surface area contributed by atoms with E-state index in [0.717, 1.165) is 0 Å². The first-order valence-electron chi connectivity index (χ1n) is 11.2. The van der Waals surface area contributed by atoms with Crippen LogP contribution in [0.3, 0.4) is 0 Å². The van der Waals surface area contributed by atoms with Crippen molar-refractivity contribution in [1.29, 1.82) is 0 Å². The van der Waals surface area contributed by atoms with Crippen LogP contribution in [0.25, 0.3) is 0 Å². The molecule has 2 aromatic rings. The van der Waals surface area contributed by atoms with Gasteiger partial charge < -0.3 is 15.0 Å². The van der Waals surface area contributed by atoms with Crippen molar-refractivity contribution in [3.63, 3.8) is 0 Å². The summed E-state index contributed by atoms with van der Waals surface area (Å²) in [6.45, 7) is 0.608. The number of carbonyl (C=O) groups excluding carboxylic acids is 3. The molecule has 0 aliphatic carbocycles. The highest BCUT2D eigenvalue weighted by atomic mass is 19.4.